The maximum atomic E-state index is 13.0. The molecule has 0 atom stereocenters. The summed E-state index contributed by atoms with van der Waals surface area (Å²) in [5.74, 6) is 0.141. The molecule has 0 aromatic heterocycles. The Kier molecular flexibility index (Phi) is 10.2. The summed E-state index contributed by atoms with van der Waals surface area (Å²) in [7, 11) is -4.04. The van der Waals surface area contributed by atoms with Crippen LogP contribution in [-0.4, -0.2) is 25.8 Å². The molecule has 0 aliphatic carbocycles. The zero-order valence-electron chi connectivity index (χ0n) is 19.2. The van der Waals surface area contributed by atoms with Crippen molar-refractivity contribution in [3.8, 4) is 5.75 Å². The fourth-order valence-corrected chi connectivity index (χ4v) is 4.31. The quantitative estimate of drug-likeness (QED) is 0.272. The van der Waals surface area contributed by atoms with Crippen LogP contribution in [0.25, 0.3) is 0 Å². The van der Waals surface area contributed by atoms with Gasteiger partial charge in [-0.05, 0) is 54.3 Å². The van der Waals surface area contributed by atoms with E-state index in [1.807, 2.05) is 4.90 Å². The molecule has 2 rings (SSSR count). The van der Waals surface area contributed by atoms with Crippen molar-refractivity contribution in [2.24, 2.45) is 5.92 Å². The van der Waals surface area contributed by atoms with Gasteiger partial charge in [-0.1, -0.05) is 58.6 Å². The number of amides is 1. The lowest BCUT2D eigenvalue weighted by Crippen LogP contribution is -2.33. The molecule has 0 radical (unpaired) electrons. The van der Waals surface area contributed by atoms with Gasteiger partial charge in [0.05, 0.1) is 0 Å². The van der Waals surface area contributed by atoms with Crippen LogP contribution in [-0.2, 0) is 21.5 Å². The van der Waals surface area contributed by atoms with Crippen LogP contribution in [0.2, 0.25) is 0 Å². The van der Waals surface area contributed by atoms with E-state index in [4.69, 9.17) is 4.18 Å². The minimum Gasteiger partial charge on any atom is -0.379 e. The van der Waals surface area contributed by atoms with Crippen LogP contribution in [0, 0.1) is 11.7 Å². The van der Waals surface area contributed by atoms with E-state index in [1.165, 1.54) is 12.8 Å². The zero-order valence-corrected chi connectivity index (χ0v) is 20.0. The number of hydrogen-bond acceptors (Lipinski definition) is 4. The van der Waals surface area contributed by atoms with Crippen LogP contribution < -0.4 is 4.18 Å². The molecule has 32 heavy (non-hydrogen) atoms. The number of hydrogen-bond donors (Lipinski definition) is 0. The van der Waals surface area contributed by atoms with Gasteiger partial charge in [0.25, 0.3) is 0 Å². The van der Waals surface area contributed by atoms with Crippen LogP contribution in [0.4, 0.5) is 4.39 Å². The number of halogens is 1. The summed E-state index contributed by atoms with van der Waals surface area (Å²) in [6.45, 7) is 7.48. The Morgan fingerprint density at radius 1 is 0.969 bits per heavy atom. The molecule has 0 aliphatic heterocycles. The van der Waals surface area contributed by atoms with Crippen LogP contribution in [0.1, 0.15) is 64.9 Å². The largest absolute Gasteiger partial charge is 0.379 e. The van der Waals surface area contributed by atoms with Crippen LogP contribution in [0.15, 0.2) is 53.4 Å². The highest BCUT2D eigenvalue weighted by molar-refractivity contribution is 7.87. The molecule has 0 heterocycles. The highest BCUT2D eigenvalue weighted by Crippen LogP contribution is 2.21. The van der Waals surface area contributed by atoms with E-state index < -0.39 is 15.9 Å². The number of nitrogens with zero attached hydrogens (tertiary/aromatic N) is 1. The minimum atomic E-state index is -4.04. The van der Waals surface area contributed by atoms with Crippen molar-refractivity contribution in [2.75, 3.05) is 6.54 Å². The third kappa shape index (κ3) is 8.61. The lowest BCUT2D eigenvalue weighted by Gasteiger charge is -2.25. The molecule has 0 aliphatic rings. The highest BCUT2D eigenvalue weighted by Gasteiger charge is 2.18. The molecular weight excluding hydrogens is 429 g/mol. The first kappa shape index (κ1) is 25.8. The van der Waals surface area contributed by atoms with Gasteiger partial charge in [0.1, 0.15) is 16.5 Å². The van der Waals surface area contributed by atoms with E-state index in [9.17, 15) is 17.6 Å². The van der Waals surface area contributed by atoms with Crippen molar-refractivity contribution in [1.82, 2.24) is 4.90 Å². The first-order valence-corrected chi connectivity index (χ1v) is 12.7. The maximum Gasteiger partial charge on any atom is 0.339 e. The smallest absolute Gasteiger partial charge is 0.339 e. The molecule has 1 amide bonds. The molecule has 2 aromatic carbocycles. The Morgan fingerprint density at radius 3 is 2.19 bits per heavy atom. The zero-order chi connectivity index (χ0) is 23.6. The molecule has 0 N–H and O–H groups in total. The molecule has 0 fully saturated rings. The van der Waals surface area contributed by atoms with E-state index >= 15 is 0 Å². The van der Waals surface area contributed by atoms with Crippen LogP contribution in [0.5, 0.6) is 5.75 Å². The maximum absolute atomic E-state index is 13.0. The van der Waals surface area contributed by atoms with Gasteiger partial charge in [-0.3, -0.25) is 4.79 Å². The Balaban J connectivity index is 1.99. The number of benzene rings is 2. The SMILES string of the molecule is CCCCCCCC(=O)N(Cc1ccc(OS(=O)(=O)c2ccc(F)cc2)cc1)CC(C)C. The predicted molar refractivity (Wildman–Crippen MR) is 124 cm³/mol. The summed E-state index contributed by atoms with van der Waals surface area (Å²) in [4.78, 5) is 14.5. The van der Waals surface area contributed by atoms with Gasteiger partial charge in [-0.2, -0.15) is 8.42 Å². The van der Waals surface area contributed by atoms with E-state index in [2.05, 4.69) is 20.8 Å². The molecule has 5 nitrogen and oxygen atoms in total. The monoisotopic (exact) mass is 463 g/mol. The predicted octanol–water partition coefficient (Wildman–Crippen LogP) is 5.94. The van der Waals surface area contributed by atoms with Gasteiger partial charge < -0.3 is 9.08 Å². The van der Waals surface area contributed by atoms with Crippen molar-refractivity contribution in [1.29, 1.82) is 0 Å². The fourth-order valence-electron chi connectivity index (χ4n) is 3.38. The van der Waals surface area contributed by atoms with Crippen molar-refractivity contribution in [3.63, 3.8) is 0 Å². The number of carbonyl (C=O) groups is 1. The Hall–Kier alpha value is -2.41. The first-order chi connectivity index (χ1) is 15.2. The lowest BCUT2D eigenvalue weighted by molar-refractivity contribution is -0.132. The molecule has 0 saturated heterocycles. The summed E-state index contributed by atoms with van der Waals surface area (Å²) in [5, 5.41) is 0. The van der Waals surface area contributed by atoms with Crippen LogP contribution >= 0.6 is 0 Å². The average Bonchev–Trinajstić information content (AvgIpc) is 2.74. The van der Waals surface area contributed by atoms with E-state index in [0.29, 0.717) is 25.4 Å². The second-order valence-electron chi connectivity index (χ2n) is 8.47. The second-order valence-corrected chi connectivity index (χ2v) is 10.0. The molecule has 7 heteroatoms. The molecule has 2 aromatic rings. The molecular formula is C25H34FNO4S. The number of carbonyl (C=O) groups excluding carboxylic acids is 1. The third-order valence-corrected chi connectivity index (χ3v) is 6.30. The Bertz CT molecular complexity index is 941. The van der Waals surface area contributed by atoms with Crippen molar-refractivity contribution < 1.29 is 21.8 Å². The van der Waals surface area contributed by atoms with Gasteiger partial charge >= 0.3 is 10.1 Å². The Morgan fingerprint density at radius 2 is 1.59 bits per heavy atom. The van der Waals surface area contributed by atoms with E-state index in [0.717, 1.165) is 49.1 Å². The van der Waals surface area contributed by atoms with Crippen LogP contribution in [0.3, 0.4) is 0 Å². The van der Waals surface area contributed by atoms with E-state index in [-0.39, 0.29) is 16.6 Å². The number of rotatable bonds is 13. The summed E-state index contributed by atoms with van der Waals surface area (Å²) in [5.41, 5.74) is 0.900. The van der Waals surface area contributed by atoms with Gasteiger partial charge in [0.2, 0.25) is 5.91 Å². The lowest BCUT2D eigenvalue weighted by atomic mass is 10.1. The standard InChI is InChI=1S/C25H34FNO4S/c1-4-5-6-7-8-9-25(28)27(18-20(2)3)19-21-10-14-23(15-11-21)31-32(29,30)24-16-12-22(26)13-17-24/h10-17,20H,4-9,18-19H2,1-3H3. The van der Waals surface area contributed by atoms with Gasteiger partial charge in [0.15, 0.2) is 0 Å². The number of unbranched alkanes of at least 4 members (excludes halogenated alkanes) is 4. The molecule has 0 unspecified atom stereocenters. The first-order valence-electron chi connectivity index (χ1n) is 11.3. The fraction of sp³-hybridized carbons (Fsp3) is 0.480. The average molecular weight is 464 g/mol. The van der Waals surface area contributed by atoms with Crippen molar-refractivity contribution in [2.45, 2.75) is 70.7 Å². The van der Waals surface area contributed by atoms with Crippen molar-refractivity contribution in [3.05, 3.63) is 59.9 Å². The van der Waals surface area contributed by atoms with Gasteiger partial charge in [-0.15, -0.1) is 0 Å². The van der Waals surface area contributed by atoms with E-state index in [1.54, 1.807) is 24.3 Å². The Labute approximate surface area is 191 Å². The molecule has 0 spiro atoms. The summed E-state index contributed by atoms with van der Waals surface area (Å²) >= 11 is 0. The summed E-state index contributed by atoms with van der Waals surface area (Å²) < 4.78 is 42.9. The third-order valence-electron chi connectivity index (χ3n) is 5.04. The second kappa shape index (κ2) is 12.6. The summed E-state index contributed by atoms with van der Waals surface area (Å²) in [6, 6.07) is 11.1. The van der Waals surface area contributed by atoms with Gasteiger partial charge in [0, 0.05) is 19.5 Å². The molecule has 0 bridgehead atoms. The normalized spacial score (nSPS) is 11.5. The molecule has 176 valence electrons. The summed E-state index contributed by atoms with van der Waals surface area (Å²) in [6.07, 6.45) is 6.07. The highest BCUT2D eigenvalue weighted by atomic mass is 32.2. The minimum absolute atomic E-state index is 0.115. The van der Waals surface area contributed by atoms with Gasteiger partial charge in [-0.25, -0.2) is 4.39 Å². The topological polar surface area (TPSA) is 63.7 Å². The molecule has 0 saturated carbocycles. The van der Waals surface area contributed by atoms with Crippen molar-refractivity contribution >= 4 is 16.0 Å².